The number of rotatable bonds is 7. The topological polar surface area (TPSA) is 71.9 Å². The van der Waals surface area contributed by atoms with Crippen molar-refractivity contribution in [3.05, 3.63) is 82.9 Å². The van der Waals surface area contributed by atoms with Gasteiger partial charge in [0.1, 0.15) is 0 Å². The molecule has 3 aromatic rings. The number of para-hydroxylation sites is 1. The summed E-state index contributed by atoms with van der Waals surface area (Å²) in [5.41, 5.74) is 5.53. The Balaban J connectivity index is 1.56. The monoisotopic (exact) mass is 519 g/mol. The predicted molar refractivity (Wildman–Crippen MR) is 146 cm³/mol. The molecule has 0 amide bonds. The molecule has 2 aliphatic rings. The van der Waals surface area contributed by atoms with Crippen LogP contribution in [0.2, 0.25) is 0 Å². The fourth-order valence-corrected chi connectivity index (χ4v) is 5.80. The minimum Gasteiger partial charge on any atom is -0.465 e. The van der Waals surface area contributed by atoms with Gasteiger partial charge in [-0.3, -0.25) is 9.88 Å². The summed E-state index contributed by atoms with van der Waals surface area (Å²) in [7, 11) is 1.41. The van der Waals surface area contributed by atoms with Gasteiger partial charge >= 0.3 is 5.97 Å². The third kappa shape index (κ3) is 4.99. The van der Waals surface area contributed by atoms with Crippen LogP contribution in [0.5, 0.6) is 0 Å². The van der Waals surface area contributed by atoms with Crippen molar-refractivity contribution in [2.24, 2.45) is 0 Å². The Hall–Kier alpha value is -3.27. The van der Waals surface area contributed by atoms with E-state index in [9.17, 15) is 4.79 Å². The van der Waals surface area contributed by atoms with Gasteiger partial charge < -0.3 is 24.3 Å². The van der Waals surface area contributed by atoms with Crippen molar-refractivity contribution in [1.29, 1.82) is 0 Å². The van der Waals surface area contributed by atoms with Crippen LogP contribution < -0.4 is 5.32 Å². The lowest BCUT2D eigenvalue weighted by molar-refractivity contribution is 0.0350. The second kappa shape index (κ2) is 11.0. The molecule has 2 aromatic heterocycles. The van der Waals surface area contributed by atoms with Crippen molar-refractivity contribution < 1.29 is 14.3 Å². The van der Waals surface area contributed by atoms with Gasteiger partial charge in [-0.25, -0.2) is 4.79 Å². The number of thiocarbonyl (C=S) groups is 1. The zero-order chi connectivity index (χ0) is 25.9. The van der Waals surface area contributed by atoms with Crippen LogP contribution in [0.3, 0.4) is 0 Å². The van der Waals surface area contributed by atoms with E-state index in [0.29, 0.717) is 5.56 Å². The Morgan fingerprint density at radius 1 is 1.14 bits per heavy atom. The lowest BCUT2D eigenvalue weighted by atomic mass is 9.96. The number of ether oxygens (including phenoxy) is 2. The van der Waals surface area contributed by atoms with Crippen LogP contribution in [0.1, 0.15) is 45.1 Å². The van der Waals surface area contributed by atoms with Crippen molar-refractivity contribution >= 4 is 23.3 Å². The van der Waals surface area contributed by atoms with E-state index in [4.69, 9.17) is 21.7 Å². The van der Waals surface area contributed by atoms with Crippen LogP contribution in [0, 0.1) is 13.8 Å². The molecule has 5 rings (SSSR count). The molecule has 2 saturated heterocycles. The summed E-state index contributed by atoms with van der Waals surface area (Å²) in [5.74, 6) is -0.355. The quantitative estimate of drug-likeness (QED) is 0.375. The van der Waals surface area contributed by atoms with Gasteiger partial charge in [-0.1, -0.05) is 18.2 Å². The molecule has 1 aromatic carbocycles. The smallest absolute Gasteiger partial charge is 0.339 e. The first-order chi connectivity index (χ1) is 18.0. The molecule has 4 heterocycles. The highest BCUT2D eigenvalue weighted by Crippen LogP contribution is 2.41. The maximum atomic E-state index is 12.6. The van der Waals surface area contributed by atoms with E-state index in [1.165, 1.54) is 7.11 Å². The fourth-order valence-electron chi connectivity index (χ4n) is 5.47. The fraction of sp³-hybridized carbons (Fsp3) is 0.393. The summed E-state index contributed by atoms with van der Waals surface area (Å²) in [6, 6.07) is 15.6. The van der Waals surface area contributed by atoms with Gasteiger partial charge in [0.2, 0.25) is 0 Å². The number of aryl methyl sites for hydroxylation is 1. The van der Waals surface area contributed by atoms with Gasteiger partial charge in [-0.15, -0.1) is 0 Å². The number of nitrogens with zero attached hydrogens (tertiary/aromatic N) is 4. The van der Waals surface area contributed by atoms with Crippen molar-refractivity contribution in [3.8, 4) is 5.69 Å². The number of carbonyl (C=O) groups is 1. The largest absolute Gasteiger partial charge is 0.465 e. The number of hydrogen-bond acceptors (Lipinski definition) is 6. The van der Waals surface area contributed by atoms with E-state index in [0.717, 1.165) is 72.8 Å². The molecule has 0 bridgehead atoms. The van der Waals surface area contributed by atoms with E-state index in [1.807, 2.05) is 42.6 Å². The lowest BCUT2D eigenvalue weighted by Crippen LogP contribution is -2.42. The van der Waals surface area contributed by atoms with Crippen LogP contribution >= 0.6 is 12.2 Å². The molecule has 1 N–H and O–H groups in total. The molecule has 0 aliphatic carbocycles. The summed E-state index contributed by atoms with van der Waals surface area (Å²) >= 11 is 5.88. The third-order valence-electron chi connectivity index (χ3n) is 7.30. The summed E-state index contributed by atoms with van der Waals surface area (Å²) in [5, 5.41) is 4.29. The number of carbonyl (C=O) groups excluding carboxylic acids is 1. The molecule has 2 unspecified atom stereocenters. The van der Waals surface area contributed by atoms with Crippen LogP contribution in [0.4, 0.5) is 0 Å². The Labute approximate surface area is 223 Å². The van der Waals surface area contributed by atoms with Crippen LogP contribution in [0.25, 0.3) is 5.69 Å². The van der Waals surface area contributed by atoms with Crippen LogP contribution in [-0.2, 0) is 9.47 Å². The normalized spacial score (nSPS) is 20.2. The summed E-state index contributed by atoms with van der Waals surface area (Å²) in [6.45, 7) is 9.27. The van der Waals surface area contributed by atoms with Crippen molar-refractivity contribution in [2.75, 3.05) is 46.5 Å². The van der Waals surface area contributed by atoms with E-state index in [2.05, 4.69) is 44.6 Å². The standard InChI is InChI=1S/C28H33N5O3S/c1-19-18-22(20(2)33(19)24-10-5-4-8-21(24)27(34)35-3)26-25(23-9-6-7-11-29-23)30-28(37)32(26)13-12-31-14-16-36-17-15-31/h4-11,18,25-26H,12-17H2,1-3H3,(H,30,37). The SMILES string of the molecule is COC(=O)c1ccccc1-n1c(C)cc(C2C(c3ccccn3)NC(=S)N2CCN2CCOCC2)c1C. The van der Waals surface area contributed by atoms with E-state index in [1.54, 1.807) is 6.07 Å². The molecule has 2 atom stereocenters. The first-order valence-corrected chi connectivity index (χ1v) is 13.0. The highest BCUT2D eigenvalue weighted by molar-refractivity contribution is 7.80. The number of methoxy groups -OCH3 is 1. The minimum atomic E-state index is -0.355. The van der Waals surface area contributed by atoms with Crippen LogP contribution in [-0.4, -0.2) is 76.9 Å². The van der Waals surface area contributed by atoms with Gasteiger partial charge in [0.05, 0.1) is 49.4 Å². The molecule has 8 nitrogen and oxygen atoms in total. The van der Waals surface area contributed by atoms with Crippen molar-refractivity contribution in [1.82, 2.24) is 24.7 Å². The number of benzene rings is 1. The Kier molecular flexibility index (Phi) is 7.55. The van der Waals surface area contributed by atoms with Gasteiger partial charge in [0, 0.05) is 43.8 Å². The number of morpholine rings is 1. The minimum absolute atomic E-state index is 0.0475. The summed E-state index contributed by atoms with van der Waals surface area (Å²) in [6.07, 6.45) is 1.82. The van der Waals surface area contributed by atoms with E-state index in [-0.39, 0.29) is 18.1 Å². The number of hydrogen-bond donors (Lipinski definition) is 1. The van der Waals surface area contributed by atoms with Gasteiger partial charge in [-0.05, 0) is 62.0 Å². The first kappa shape index (κ1) is 25.4. The van der Waals surface area contributed by atoms with Crippen molar-refractivity contribution in [3.63, 3.8) is 0 Å². The highest BCUT2D eigenvalue weighted by Gasteiger charge is 2.41. The van der Waals surface area contributed by atoms with Gasteiger partial charge in [-0.2, -0.15) is 0 Å². The maximum absolute atomic E-state index is 12.6. The molecule has 2 aliphatic heterocycles. The molecular weight excluding hydrogens is 486 g/mol. The van der Waals surface area contributed by atoms with Crippen molar-refractivity contribution in [2.45, 2.75) is 25.9 Å². The lowest BCUT2D eigenvalue weighted by Gasteiger charge is -2.32. The molecule has 37 heavy (non-hydrogen) atoms. The van der Waals surface area contributed by atoms with Crippen LogP contribution in [0.15, 0.2) is 54.7 Å². The number of nitrogens with one attached hydrogen (secondary N) is 1. The molecule has 9 heteroatoms. The first-order valence-electron chi connectivity index (χ1n) is 12.6. The Morgan fingerprint density at radius 2 is 1.89 bits per heavy atom. The third-order valence-corrected chi connectivity index (χ3v) is 7.65. The summed E-state index contributed by atoms with van der Waals surface area (Å²) < 4.78 is 12.7. The molecule has 194 valence electrons. The predicted octanol–water partition coefficient (Wildman–Crippen LogP) is 3.58. The molecular formula is C28H33N5O3S. The second-order valence-electron chi connectivity index (χ2n) is 9.44. The van der Waals surface area contributed by atoms with E-state index < -0.39 is 0 Å². The number of pyridine rings is 1. The number of esters is 1. The average molecular weight is 520 g/mol. The maximum Gasteiger partial charge on any atom is 0.339 e. The Morgan fingerprint density at radius 3 is 2.62 bits per heavy atom. The Bertz CT molecular complexity index is 1270. The van der Waals surface area contributed by atoms with Gasteiger partial charge in [0.25, 0.3) is 0 Å². The highest BCUT2D eigenvalue weighted by atomic mass is 32.1. The average Bonchev–Trinajstić information content (AvgIpc) is 3.42. The number of aromatic nitrogens is 2. The molecule has 0 spiro atoms. The molecule has 0 saturated carbocycles. The van der Waals surface area contributed by atoms with Gasteiger partial charge in [0.15, 0.2) is 5.11 Å². The molecule has 0 radical (unpaired) electrons. The zero-order valence-corrected chi connectivity index (χ0v) is 22.3. The second-order valence-corrected chi connectivity index (χ2v) is 9.83. The zero-order valence-electron chi connectivity index (χ0n) is 21.5. The molecule has 2 fully saturated rings. The van der Waals surface area contributed by atoms with E-state index >= 15 is 0 Å². The summed E-state index contributed by atoms with van der Waals surface area (Å²) in [4.78, 5) is 22.0.